The van der Waals surface area contributed by atoms with Gasteiger partial charge >= 0.3 is 0 Å². The van der Waals surface area contributed by atoms with E-state index in [1.54, 1.807) is 6.20 Å². The van der Waals surface area contributed by atoms with Crippen molar-refractivity contribution >= 4 is 11.8 Å². The van der Waals surface area contributed by atoms with Crippen LogP contribution in [-0.2, 0) is 6.54 Å². The highest BCUT2D eigenvalue weighted by atomic mass is 16.5. The summed E-state index contributed by atoms with van der Waals surface area (Å²) >= 11 is 0. The van der Waals surface area contributed by atoms with Crippen LogP contribution in [0.4, 0.5) is 11.8 Å². The molecule has 0 unspecified atom stereocenters. The molecule has 0 amide bonds. The lowest BCUT2D eigenvalue weighted by molar-refractivity contribution is 0.198. The number of para-hydroxylation sites is 1. The SMILES string of the molecule is O[C@@H]1CCN(c2ccnc(N3CCOc4ccccc4C3)n2)C1. The summed E-state index contributed by atoms with van der Waals surface area (Å²) in [6.07, 6.45) is 2.33. The second-order valence-corrected chi connectivity index (χ2v) is 5.98. The quantitative estimate of drug-likeness (QED) is 0.905. The van der Waals surface area contributed by atoms with Gasteiger partial charge in [-0.2, -0.15) is 4.98 Å². The molecule has 0 bridgehead atoms. The van der Waals surface area contributed by atoms with Crippen molar-refractivity contribution in [1.29, 1.82) is 0 Å². The Bertz CT molecular complexity index is 694. The van der Waals surface area contributed by atoms with Crippen molar-refractivity contribution in [3.05, 3.63) is 42.1 Å². The Hall–Kier alpha value is -2.34. The van der Waals surface area contributed by atoms with Crippen LogP contribution in [0.3, 0.4) is 0 Å². The van der Waals surface area contributed by atoms with Gasteiger partial charge in [0.05, 0.1) is 12.6 Å². The van der Waals surface area contributed by atoms with Crippen LogP contribution in [0.15, 0.2) is 36.5 Å². The Morgan fingerprint density at radius 3 is 2.91 bits per heavy atom. The fourth-order valence-corrected chi connectivity index (χ4v) is 3.11. The summed E-state index contributed by atoms with van der Waals surface area (Å²) in [7, 11) is 0. The number of anilines is 2. The summed E-state index contributed by atoms with van der Waals surface area (Å²) in [5.74, 6) is 2.53. The van der Waals surface area contributed by atoms with E-state index in [9.17, 15) is 5.11 Å². The second-order valence-electron chi connectivity index (χ2n) is 5.98. The standard InChI is InChI=1S/C17H20N4O2/c22-14-6-8-20(12-14)16-5-7-18-17(19-16)21-9-10-23-15-4-2-1-3-13(15)11-21/h1-5,7,14,22H,6,8-12H2/t14-/m1/s1. The summed E-state index contributed by atoms with van der Waals surface area (Å²) < 4.78 is 5.80. The van der Waals surface area contributed by atoms with Gasteiger partial charge in [0, 0.05) is 31.4 Å². The predicted molar refractivity (Wildman–Crippen MR) is 87.9 cm³/mol. The molecule has 1 atom stereocenters. The van der Waals surface area contributed by atoms with Crippen LogP contribution in [0.2, 0.25) is 0 Å². The molecule has 0 spiro atoms. The van der Waals surface area contributed by atoms with E-state index in [1.807, 2.05) is 24.3 Å². The van der Waals surface area contributed by atoms with Crippen molar-refractivity contribution in [3.8, 4) is 5.75 Å². The third-order valence-electron chi connectivity index (χ3n) is 4.35. The van der Waals surface area contributed by atoms with Gasteiger partial charge < -0.3 is 19.6 Å². The van der Waals surface area contributed by atoms with Crippen molar-refractivity contribution < 1.29 is 9.84 Å². The van der Waals surface area contributed by atoms with Gasteiger partial charge in [0.25, 0.3) is 0 Å². The van der Waals surface area contributed by atoms with Crippen molar-refractivity contribution in [2.75, 3.05) is 36.0 Å². The van der Waals surface area contributed by atoms with Crippen LogP contribution in [0.25, 0.3) is 0 Å². The van der Waals surface area contributed by atoms with E-state index in [0.29, 0.717) is 19.1 Å². The number of rotatable bonds is 2. The fraction of sp³-hybridized carbons (Fsp3) is 0.412. The molecule has 6 heteroatoms. The molecule has 0 radical (unpaired) electrons. The highest BCUT2D eigenvalue weighted by Crippen LogP contribution is 2.26. The molecule has 1 aromatic carbocycles. The number of hydrogen-bond donors (Lipinski definition) is 1. The molecular weight excluding hydrogens is 292 g/mol. The Morgan fingerprint density at radius 1 is 1.13 bits per heavy atom. The summed E-state index contributed by atoms with van der Waals surface area (Å²) in [5.41, 5.74) is 1.15. The van der Waals surface area contributed by atoms with Crippen molar-refractivity contribution in [1.82, 2.24) is 9.97 Å². The molecule has 23 heavy (non-hydrogen) atoms. The number of fused-ring (bicyclic) bond motifs is 1. The molecule has 1 N–H and O–H groups in total. The minimum atomic E-state index is -0.258. The van der Waals surface area contributed by atoms with E-state index >= 15 is 0 Å². The lowest BCUT2D eigenvalue weighted by atomic mass is 10.2. The van der Waals surface area contributed by atoms with Crippen LogP contribution in [0, 0.1) is 0 Å². The van der Waals surface area contributed by atoms with E-state index in [1.165, 1.54) is 0 Å². The summed E-state index contributed by atoms with van der Waals surface area (Å²) in [6.45, 7) is 3.59. The Labute approximate surface area is 135 Å². The maximum absolute atomic E-state index is 9.71. The van der Waals surface area contributed by atoms with Crippen LogP contribution in [0.1, 0.15) is 12.0 Å². The number of ether oxygens (including phenoxy) is 1. The van der Waals surface area contributed by atoms with Crippen molar-refractivity contribution in [2.24, 2.45) is 0 Å². The summed E-state index contributed by atoms with van der Waals surface area (Å²) in [6, 6.07) is 10.00. The molecule has 2 aliphatic heterocycles. The molecule has 1 saturated heterocycles. The first-order valence-electron chi connectivity index (χ1n) is 8.01. The zero-order chi connectivity index (χ0) is 15.6. The van der Waals surface area contributed by atoms with Crippen LogP contribution in [-0.4, -0.2) is 47.4 Å². The number of benzene rings is 1. The van der Waals surface area contributed by atoms with Gasteiger partial charge in [-0.1, -0.05) is 18.2 Å². The average molecular weight is 312 g/mol. The molecule has 1 aromatic heterocycles. The van der Waals surface area contributed by atoms with E-state index in [-0.39, 0.29) is 6.10 Å². The smallest absolute Gasteiger partial charge is 0.227 e. The second kappa shape index (κ2) is 6.04. The van der Waals surface area contributed by atoms with Gasteiger partial charge in [-0.3, -0.25) is 0 Å². The maximum atomic E-state index is 9.71. The third kappa shape index (κ3) is 2.94. The molecule has 6 nitrogen and oxygen atoms in total. The molecule has 2 aromatic rings. The largest absolute Gasteiger partial charge is 0.491 e. The number of nitrogens with zero attached hydrogens (tertiary/aromatic N) is 4. The normalized spacial score (nSPS) is 20.8. The molecule has 3 heterocycles. The molecular formula is C17H20N4O2. The molecule has 0 aliphatic carbocycles. The highest BCUT2D eigenvalue weighted by molar-refractivity contribution is 5.46. The summed E-state index contributed by atoms with van der Waals surface area (Å²) in [4.78, 5) is 13.4. The maximum Gasteiger partial charge on any atom is 0.227 e. The molecule has 0 saturated carbocycles. The minimum Gasteiger partial charge on any atom is -0.491 e. The van der Waals surface area contributed by atoms with E-state index in [2.05, 4.69) is 20.9 Å². The first-order valence-corrected chi connectivity index (χ1v) is 8.01. The Morgan fingerprint density at radius 2 is 2.04 bits per heavy atom. The van der Waals surface area contributed by atoms with E-state index in [0.717, 1.165) is 43.2 Å². The number of aliphatic hydroxyl groups excluding tert-OH is 1. The van der Waals surface area contributed by atoms with Gasteiger partial charge in [0.1, 0.15) is 18.2 Å². The lowest BCUT2D eigenvalue weighted by Crippen LogP contribution is -2.28. The van der Waals surface area contributed by atoms with Gasteiger partial charge in [0.2, 0.25) is 5.95 Å². The molecule has 120 valence electrons. The van der Waals surface area contributed by atoms with Crippen LogP contribution < -0.4 is 14.5 Å². The average Bonchev–Trinajstić information content (AvgIpc) is 2.90. The zero-order valence-electron chi connectivity index (χ0n) is 12.9. The van der Waals surface area contributed by atoms with E-state index in [4.69, 9.17) is 9.72 Å². The topological polar surface area (TPSA) is 61.7 Å². The molecule has 2 aliphatic rings. The van der Waals surface area contributed by atoms with Crippen LogP contribution in [0.5, 0.6) is 5.75 Å². The predicted octanol–water partition coefficient (Wildman–Crippen LogP) is 1.45. The lowest BCUT2D eigenvalue weighted by Gasteiger charge is -2.22. The first-order chi connectivity index (χ1) is 11.3. The van der Waals surface area contributed by atoms with Gasteiger partial charge in [-0.15, -0.1) is 0 Å². The number of aromatic nitrogens is 2. The van der Waals surface area contributed by atoms with E-state index < -0.39 is 0 Å². The number of β-amino-alcohol motifs (C(OH)–C–C–N with tert-alkyl or cyclic N) is 1. The van der Waals surface area contributed by atoms with Gasteiger partial charge in [-0.25, -0.2) is 4.98 Å². The van der Waals surface area contributed by atoms with Crippen molar-refractivity contribution in [2.45, 2.75) is 19.1 Å². The zero-order valence-corrected chi connectivity index (χ0v) is 12.9. The molecule has 4 rings (SSSR count). The van der Waals surface area contributed by atoms with Gasteiger partial charge in [0.15, 0.2) is 0 Å². The van der Waals surface area contributed by atoms with Crippen molar-refractivity contribution in [3.63, 3.8) is 0 Å². The molecule has 1 fully saturated rings. The van der Waals surface area contributed by atoms with Crippen LogP contribution >= 0.6 is 0 Å². The number of aliphatic hydroxyl groups is 1. The minimum absolute atomic E-state index is 0.258. The number of hydrogen-bond acceptors (Lipinski definition) is 6. The third-order valence-corrected chi connectivity index (χ3v) is 4.35. The summed E-state index contributed by atoms with van der Waals surface area (Å²) in [5, 5.41) is 9.71. The fourth-order valence-electron chi connectivity index (χ4n) is 3.11. The monoisotopic (exact) mass is 312 g/mol. The Kier molecular flexibility index (Phi) is 3.75. The highest BCUT2D eigenvalue weighted by Gasteiger charge is 2.23. The first kappa shape index (κ1) is 14.3. The van der Waals surface area contributed by atoms with Gasteiger partial charge in [-0.05, 0) is 18.6 Å². The Balaban J connectivity index is 1.58.